The molecule has 0 heterocycles. The molecule has 0 bridgehead atoms. The van der Waals surface area contributed by atoms with E-state index < -0.39 is 25.2 Å². The van der Waals surface area contributed by atoms with Crippen molar-refractivity contribution in [1.29, 1.82) is 0 Å². The minimum absolute atomic E-state index is 0.0378. The SMILES string of the molecule is CC(C)CCOCCN(CC(=O)O)CC(F)(F)F. The van der Waals surface area contributed by atoms with E-state index >= 15 is 0 Å². The van der Waals surface area contributed by atoms with Gasteiger partial charge in [-0.25, -0.2) is 0 Å². The highest BCUT2D eigenvalue weighted by Crippen LogP contribution is 2.16. The number of alkyl halides is 3. The summed E-state index contributed by atoms with van der Waals surface area (Å²) < 4.78 is 41.7. The lowest BCUT2D eigenvalue weighted by Crippen LogP contribution is -2.39. The number of hydrogen-bond donors (Lipinski definition) is 1. The first-order chi connectivity index (χ1) is 8.20. The van der Waals surface area contributed by atoms with Crippen LogP contribution in [-0.2, 0) is 9.53 Å². The van der Waals surface area contributed by atoms with Gasteiger partial charge in [-0.15, -0.1) is 0 Å². The molecule has 1 N–H and O–H groups in total. The van der Waals surface area contributed by atoms with E-state index in [9.17, 15) is 18.0 Å². The van der Waals surface area contributed by atoms with Crippen LogP contribution in [-0.4, -0.2) is 55.0 Å². The maximum atomic E-state index is 12.2. The largest absolute Gasteiger partial charge is 0.480 e. The Labute approximate surface area is 105 Å². The third-order valence-corrected chi connectivity index (χ3v) is 2.15. The van der Waals surface area contributed by atoms with Gasteiger partial charge in [-0.2, -0.15) is 13.2 Å². The molecule has 0 saturated carbocycles. The topological polar surface area (TPSA) is 49.8 Å². The predicted octanol–water partition coefficient (Wildman–Crippen LogP) is 2.00. The summed E-state index contributed by atoms with van der Waals surface area (Å²) in [5, 5.41) is 8.51. The molecular formula is C11H20F3NO3. The molecule has 0 aromatic carbocycles. The van der Waals surface area contributed by atoms with E-state index in [0.717, 1.165) is 11.3 Å². The van der Waals surface area contributed by atoms with Crippen LogP contribution in [0.4, 0.5) is 13.2 Å². The van der Waals surface area contributed by atoms with E-state index in [-0.39, 0.29) is 13.2 Å². The maximum absolute atomic E-state index is 12.2. The highest BCUT2D eigenvalue weighted by Gasteiger charge is 2.31. The zero-order valence-electron chi connectivity index (χ0n) is 10.7. The molecule has 0 amide bonds. The van der Waals surface area contributed by atoms with Crippen molar-refractivity contribution < 1.29 is 27.8 Å². The average molecular weight is 271 g/mol. The van der Waals surface area contributed by atoms with E-state index in [1.165, 1.54) is 0 Å². The Bertz CT molecular complexity index is 244. The lowest BCUT2D eigenvalue weighted by atomic mass is 10.1. The molecule has 0 atom stereocenters. The van der Waals surface area contributed by atoms with E-state index in [0.29, 0.717) is 12.5 Å². The van der Waals surface area contributed by atoms with Gasteiger partial charge in [0.15, 0.2) is 0 Å². The Morgan fingerprint density at radius 3 is 2.39 bits per heavy atom. The van der Waals surface area contributed by atoms with Crippen molar-refractivity contribution in [3.05, 3.63) is 0 Å². The molecule has 18 heavy (non-hydrogen) atoms. The van der Waals surface area contributed by atoms with Gasteiger partial charge in [0.2, 0.25) is 0 Å². The second kappa shape index (κ2) is 8.31. The minimum Gasteiger partial charge on any atom is -0.480 e. The van der Waals surface area contributed by atoms with Crippen LogP contribution in [0.2, 0.25) is 0 Å². The molecule has 0 unspecified atom stereocenters. The maximum Gasteiger partial charge on any atom is 0.401 e. The monoisotopic (exact) mass is 271 g/mol. The predicted molar refractivity (Wildman–Crippen MR) is 60.4 cm³/mol. The first kappa shape index (κ1) is 17.2. The quantitative estimate of drug-likeness (QED) is 0.652. The van der Waals surface area contributed by atoms with Gasteiger partial charge in [-0.1, -0.05) is 13.8 Å². The van der Waals surface area contributed by atoms with Crippen molar-refractivity contribution in [2.24, 2.45) is 5.92 Å². The Morgan fingerprint density at radius 1 is 1.33 bits per heavy atom. The third kappa shape index (κ3) is 11.7. The number of carboxylic acid groups (broad SMARTS) is 1. The van der Waals surface area contributed by atoms with Gasteiger partial charge in [-0.3, -0.25) is 9.69 Å². The normalized spacial score (nSPS) is 12.4. The highest BCUT2D eigenvalue weighted by molar-refractivity contribution is 5.69. The van der Waals surface area contributed by atoms with Gasteiger partial charge in [0, 0.05) is 13.2 Å². The fourth-order valence-corrected chi connectivity index (χ4v) is 1.27. The number of carbonyl (C=O) groups is 1. The van der Waals surface area contributed by atoms with Crippen LogP contribution in [0.5, 0.6) is 0 Å². The van der Waals surface area contributed by atoms with Crippen LogP contribution in [0, 0.1) is 5.92 Å². The number of ether oxygens (including phenoxy) is 1. The number of aliphatic carboxylic acids is 1. The number of rotatable bonds is 9. The van der Waals surface area contributed by atoms with Crippen LogP contribution in [0.1, 0.15) is 20.3 Å². The summed E-state index contributed by atoms with van der Waals surface area (Å²) in [5.41, 5.74) is 0. The highest BCUT2D eigenvalue weighted by atomic mass is 19.4. The van der Waals surface area contributed by atoms with Crippen molar-refractivity contribution in [2.75, 3.05) is 32.8 Å². The van der Waals surface area contributed by atoms with Crippen LogP contribution < -0.4 is 0 Å². The van der Waals surface area contributed by atoms with Crippen molar-refractivity contribution >= 4 is 5.97 Å². The Kier molecular flexibility index (Phi) is 7.93. The molecule has 0 aromatic heterocycles. The standard InChI is InChI=1S/C11H20F3NO3/c1-9(2)3-5-18-6-4-15(7-10(16)17)8-11(12,13)14/h9H,3-8H2,1-2H3,(H,16,17). The second-order valence-corrected chi connectivity index (χ2v) is 4.51. The lowest BCUT2D eigenvalue weighted by molar-refractivity contribution is -0.155. The minimum atomic E-state index is -4.40. The van der Waals surface area contributed by atoms with Gasteiger partial charge in [0.1, 0.15) is 0 Å². The molecule has 0 radical (unpaired) electrons. The Hall–Kier alpha value is -0.820. The zero-order chi connectivity index (χ0) is 14.2. The molecule has 0 aliphatic heterocycles. The summed E-state index contributed by atoms with van der Waals surface area (Å²) in [6.07, 6.45) is -3.56. The number of nitrogens with zero attached hydrogens (tertiary/aromatic N) is 1. The van der Waals surface area contributed by atoms with Crippen LogP contribution in [0.15, 0.2) is 0 Å². The third-order valence-electron chi connectivity index (χ3n) is 2.15. The van der Waals surface area contributed by atoms with E-state index in [2.05, 4.69) is 0 Å². The summed E-state index contributed by atoms with van der Waals surface area (Å²) in [6, 6.07) is 0. The molecule has 4 nitrogen and oxygen atoms in total. The summed E-state index contributed by atoms with van der Waals surface area (Å²) >= 11 is 0. The van der Waals surface area contributed by atoms with Gasteiger partial charge >= 0.3 is 12.1 Å². The number of halogens is 3. The van der Waals surface area contributed by atoms with E-state index in [1.54, 1.807) is 0 Å². The molecule has 0 rings (SSSR count). The summed E-state index contributed by atoms with van der Waals surface area (Å²) in [7, 11) is 0. The first-order valence-electron chi connectivity index (χ1n) is 5.79. The molecule has 7 heteroatoms. The molecule has 0 spiro atoms. The summed E-state index contributed by atoms with van der Waals surface area (Å²) in [4.78, 5) is 11.2. The van der Waals surface area contributed by atoms with Crippen LogP contribution >= 0.6 is 0 Å². The van der Waals surface area contributed by atoms with Crippen molar-refractivity contribution in [3.8, 4) is 0 Å². The molecule has 108 valence electrons. The van der Waals surface area contributed by atoms with Gasteiger partial charge in [-0.05, 0) is 12.3 Å². The van der Waals surface area contributed by atoms with Crippen LogP contribution in [0.25, 0.3) is 0 Å². The molecule has 0 fully saturated rings. The van der Waals surface area contributed by atoms with Crippen molar-refractivity contribution in [1.82, 2.24) is 4.90 Å². The lowest BCUT2D eigenvalue weighted by Gasteiger charge is -2.21. The number of hydrogen-bond acceptors (Lipinski definition) is 3. The summed E-state index contributed by atoms with van der Waals surface area (Å²) in [6.45, 7) is 2.72. The smallest absolute Gasteiger partial charge is 0.401 e. The van der Waals surface area contributed by atoms with E-state index in [4.69, 9.17) is 9.84 Å². The molecule has 0 aromatic rings. The van der Waals surface area contributed by atoms with Crippen LogP contribution in [0.3, 0.4) is 0 Å². The van der Waals surface area contributed by atoms with Crippen molar-refractivity contribution in [3.63, 3.8) is 0 Å². The second-order valence-electron chi connectivity index (χ2n) is 4.51. The van der Waals surface area contributed by atoms with E-state index in [1.807, 2.05) is 13.8 Å². The zero-order valence-corrected chi connectivity index (χ0v) is 10.7. The van der Waals surface area contributed by atoms with Gasteiger partial charge < -0.3 is 9.84 Å². The number of carboxylic acids is 1. The first-order valence-corrected chi connectivity index (χ1v) is 5.79. The molecule has 0 saturated heterocycles. The molecule has 0 aliphatic carbocycles. The average Bonchev–Trinajstić information content (AvgIpc) is 2.12. The Balaban J connectivity index is 3.90. The summed E-state index contributed by atoms with van der Waals surface area (Å²) in [5.74, 6) is -0.809. The van der Waals surface area contributed by atoms with Gasteiger partial charge in [0.05, 0.1) is 19.7 Å². The molecule has 0 aliphatic rings. The van der Waals surface area contributed by atoms with Crippen molar-refractivity contribution in [2.45, 2.75) is 26.4 Å². The fraction of sp³-hybridized carbons (Fsp3) is 0.909. The fourth-order valence-electron chi connectivity index (χ4n) is 1.27. The van der Waals surface area contributed by atoms with Gasteiger partial charge in [0.25, 0.3) is 0 Å². The molecular weight excluding hydrogens is 251 g/mol. The Morgan fingerprint density at radius 2 is 1.94 bits per heavy atom.